The number of carboxylic acids is 4. The molecule has 0 fully saturated rings. The Morgan fingerprint density at radius 3 is 1.03 bits per heavy atom. The van der Waals surface area contributed by atoms with Crippen LogP contribution in [0.5, 0.6) is 0 Å². The van der Waals surface area contributed by atoms with Gasteiger partial charge in [0.05, 0.1) is 23.7 Å². The van der Waals surface area contributed by atoms with Crippen LogP contribution in [-0.4, -0.2) is 44.3 Å². The van der Waals surface area contributed by atoms with Crippen molar-refractivity contribution < 1.29 is 39.6 Å². The lowest BCUT2D eigenvalue weighted by molar-refractivity contribution is -0.184. The van der Waals surface area contributed by atoms with Gasteiger partial charge in [-0.2, -0.15) is 0 Å². The maximum Gasteiger partial charge on any atom is 0.311 e. The number of unbranched alkanes of at least 4 members (excludes halogenated alkanes) is 8. The number of aliphatic carboxylic acids is 4. The van der Waals surface area contributed by atoms with E-state index in [1.54, 1.807) is 0 Å². The Kier molecular flexibility index (Phi) is 16.3. The van der Waals surface area contributed by atoms with Gasteiger partial charge in [0, 0.05) is 0 Å². The van der Waals surface area contributed by atoms with Gasteiger partial charge in [0.15, 0.2) is 0 Å². The van der Waals surface area contributed by atoms with Gasteiger partial charge in [-0.25, -0.2) is 0 Å². The molecule has 0 radical (unpaired) electrons. The van der Waals surface area contributed by atoms with Crippen LogP contribution in [0.15, 0.2) is 0 Å². The maximum absolute atomic E-state index is 12.6. The molecule has 0 bridgehead atoms. The summed E-state index contributed by atoms with van der Waals surface area (Å²) in [6, 6.07) is 0. The van der Waals surface area contributed by atoms with Crippen LogP contribution < -0.4 is 0 Å². The van der Waals surface area contributed by atoms with Gasteiger partial charge in [-0.15, -0.1) is 0 Å². The highest BCUT2D eigenvalue weighted by atomic mass is 16.4. The summed E-state index contributed by atoms with van der Waals surface area (Å²) in [5.74, 6) is -4.74. The first-order valence-corrected chi connectivity index (χ1v) is 13.7. The molecule has 0 spiro atoms. The monoisotopic (exact) mass is 514 g/mol. The highest BCUT2D eigenvalue weighted by molar-refractivity contribution is 5.92. The maximum atomic E-state index is 12.6. The third kappa shape index (κ3) is 11.7. The van der Waals surface area contributed by atoms with E-state index in [4.69, 9.17) is 0 Å². The lowest BCUT2D eigenvalue weighted by Crippen LogP contribution is -2.55. The summed E-state index contributed by atoms with van der Waals surface area (Å²) < 4.78 is 0. The lowest BCUT2D eigenvalue weighted by Gasteiger charge is -2.44. The van der Waals surface area contributed by atoms with Crippen molar-refractivity contribution in [2.75, 3.05) is 0 Å². The molecule has 0 saturated heterocycles. The van der Waals surface area contributed by atoms with Gasteiger partial charge in [-0.1, -0.05) is 105 Å². The van der Waals surface area contributed by atoms with Gasteiger partial charge in [0.1, 0.15) is 0 Å². The molecule has 4 N–H and O–H groups in total. The van der Waals surface area contributed by atoms with Crippen LogP contribution in [-0.2, 0) is 19.2 Å². The Bertz CT molecular complexity index is 629. The third-order valence-electron chi connectivity index (χ3n) is 7.41. The summed E-state index contributed by atoms with van der Waals surface area (Å²) in [4.78, 5) is 48.9. The second kappa shape index (κ2) is 17.4. The zero-order valence-corrected chi connectivity index (χ0v) is 22.9. The summed E-state index contributed by atoms with van der Waals surface area (Å²) in [7, 11) is 0. The van der Waals surface area contributed by atoms with Crippen LogP contribution in [0.1, 0.15) is 130 Å². The predicted molar refractivity (Wildman–Crippen MR) is 139 cm³/mol. The fraction of sp³-hybridized carbons (Fsp3) is 0.857. The largest absolute Gasteiger partial charge is 0.481 e. The minimum absolute atomic E-state index is 0.174. The number of carbonyl (C=O) groups is 4. The minimum atomic E-state index is -2.20. The average Bonchev–Trinajstić information content (AvgIpc) is 2.74. The summed E-state index contributed by atoms with van der Waals surface area (Å²) in [6.45, 7) is 8.58. The molecule has 0 rings (SSSR count). The van der Waals surface area contributed by atoms with Crippen LogP contribution in [0.25, 0.3) is 0 Å². The van der Waals surface area contributed by atoms with Crippen LogP contribution >= 0.6 is 0 Å². The van der Waals surface area contributed by atoms with Crippen molar-refractivity contribution in [2.45, 2.75) is 130 Å². The van der Waals surface area contributed by atoms with Gasteiger partial charge in [0.2, 0.25) is 0 Å². The van der Waals surface area contributed by atoms with Gasteiger partial charge in [0.25, 0.3) is 0 Å². The SMILES string of the molecule is CC(C)CCCCCCCC(CC(=O)O)(C(=O)O)C(CCCCCCCC(C)C)(CC(=O)O)C(=O)O. The summed E-state index contributed by atoms with van der Waals surface area (Å²) in [5, 5.41) is 39.8. The van der Waals surface area contributed by atoms with Crippen molar-refractivity contribution >= 4 is 23.9 Å². The predicted octanol–water partition coefficient (Wildman–Crippen LogP) is 6.85. The van der Waals surface area contributed by atoms with Crippen molar-refractivity contribution in [2.24, 2.45) is 22.7 Å². The first-order chi connectivity index (χ1) is 16.8. The van der Waals surface area contributed by atoms with Crippen molar-refractivity contribution in [3.8, 4) is 0 Å². The molecule has 0 aromatic heterocycles. The molecule has 8 nitrogen and oxygen atoms in total. The van der Waals surface area contributed by atoms with Crippen molar-refractivity contribution in [3.05, 3.63) is 0 Å². The molecule has 0 aliphatic rings. The van der Waals surface area contributed by atoms with Gasteiger partial charge >= 0.3 is 23.9 Å². The smallest absolute Gasteiger partial charge is 0.311 e. The number of carboxylic acid groups (broad SMARTS) is 4. The van der Waals surface area contributed by atoms with E-state index in [1.165, 1.54) is 0 Å². The van der Waals surface area contributed by atoms with Crippen LogP contribution in [0.4, 0.5) is 0 Å². The van der Waals surface area contributed by atoms with Gasteiger partial charge in [-0.05, 0) is 24.7 Å². The zero-order valence-electron chi connectivity index (χ0n) is 22.9. The molecule has 8 heteroatoms. The molecule has 0 aliphatic carbocycles. The first-order valence-electron chi connectivity index (χ1n) is 13.7. The average molecular weight is 515 g/mol. The second-order valence-corrected chi connectivity index (χ2v) is 11.3. The molecular weight excluding hydrogens is 464 g/mol. The molecule has 0 saturated carbocycles. The number of hydrogen-bond donors (Lipinski definition) is 4. The number of hydrogen-bond acceptors (Lipinski definition) is 4. The third-order valence-corrected chi connectivity index (χ3v) is 7.41. The van der Waals surface area contributed by atoms with Crippen molar-refractivity contribution in [3.63, 3.8) is 0 Å². The minimum Gasteiger partial charge on any atom is -0.481 e. The van der Waals surface area contributed by atoms with Crippen LogP contribution in [0, 0.1) is 22.7 Å². The Labute approximate surface area is 216 Å². The molecule has 210 valence electrons. The van der Waals surface area contributed by atoms with Crippen molar-refractivity contribution in [1.82, 2.24) is 0 Å². The van der Waals surface area contributed by atoms with E-state index >= 15 is 0 Å². The molecule has 36 heavy (non-hydrogen) atoms. The molecule has 2 atom stereocenters. The zero-order chi connectivity index (χ0) is 27.8. The van der Waals surface area contributed by atoms with E-state index in [0.717, 1.165) is 51.4 Å². The summed E-state index contributed by atoms with van der Waals surface area (Å²) >= 11 is 0. The van der Waals surface area contributed by atoms with Crippen LogP contribution in [0.3, 0.4) is 0 Å². The van der Waals surface area contributed by atoms with Gasteiger partial charge in [-0.3, -0.25) is 19.2 Å². The summed E-state index contributed by atoms with van der Waals surface area (Å²) in [5.41, 5.74) is -4.39. The normalized spacial score (nSPS) is 14.9. The van der Waals surface area contributed by atoms with E-state index in [2.05, 4.69) is 27.7 Å². The van der Waals surface area contributed by atoms with E-state index < -0.39 is 47.5 Å². The lowest BCUT2D eigenvalue weighted by atomic mass is 9.55. The highest BCUT2D eigenvalue weighted by Crippen LogP contribution is 2.53. The molecule has 2 unspecified atom stereocenters. The van der Waals surface area contributed by atoms with E-state index in [9.17, 15) is 39.6 Å². The van der Waals surface area contributed by atoms with E-state index in [-0.39, 0.29) is 12.8 Å². The Hall–Kier alpha value is -2.12. The standard InChI is InChI=1S/C28H50O8/c1-21(2)15-11-7-5-9-13-17-27(25(33)34,19-23(29)30)28(26(35)36,20-24(31)32)18-14-10-6-8-12-16-22(3)4/h21-22H,5-20H2,1-4H3,(H,29,30)(H,31,32)(H,33,34)(H,35,36). The second-order valence-electron chi connectivity index (χ2n) is 11.3. The van der Waals surface area contributed by atoms with Gasteiger partial charge < -0.3 is 20.4 Å². The fourth-order valence-electron chi connectivity index (χ4n) is 5.30. The summed E-state index contributed by atoms with van der Waals surface area (Å²) in [6.07, 6.45) is 7.68. The Morgan fingerprint density at radius 1 is 0.500 bits per heavy atom. The van der Waals surface area contributed by atoms with E-state index in [0.29, 0.717) is 37.5 Å². The topological polar surface area (TPSA) is 149 Å². The molecule has 0 heterocycles. The fourth-order valence-corrected chi connectivity index (χ4v) is 5.30. The first kappa shape index (κ1) is 33.9. The molecule has 0 amide bonds. The highest BCUT2D eigenvalue weighted by Gasteiger charge is 2.62. The number of rotatable bonds is 23. The van der Waals surface area contributed by atoms with E-state index in [1.807, 2.05) is 0 Å². The molecular formula is C28H50O8. The van der Waals surface area contributed by atoms with Crippen molar-refractivity contribution in [1.29, 1.82) is 0 Å². The Balaban J connectivity index is 5.71. The molecule has 0 aromatic rings. The van der Waals surface area contributed by atoms with Crippen LogP contribution in [0.2, 0.25) is 0 Å². The molecule has 0 aliphatic heterocycles. The quantitative estimate of drug-likeness (QED) is 0.108. The Morgan fingerprint density at radius 2 is 0.778 bits per heavy atom. The molecule has 0 aromatic carbocycles.